The van der Waals surface area contributed by atoms with E-state index in [-0.39, 0.29) is 49.7 Å². The average Bonchev–Trinajstić information content (AvgIpc) is 2.71. The Morgan fingerprint density at radius 3 is 2.14 bits per heavy atom. The van der Waals surface area contributed by atoms with Crippen molar-refractivity contribution in [2.75, 3.05) is 40.0 Å². The van der Waals surface area contributed by atoms with Crippen molar-refractivity contribution in [3.8, 4) is 0 Å². The summed E-state index contributed by atoms with van der Waals surface area (Å²) >= 11 is 0. The topological polar surface area (TPSA) is 110 Å². The average molecular weight is 527 g/mol. The Labute approximate surface area is 217 Å². The molecule has 0 radical (unpaired) electrons. The highest BCUT2D eigenvalue weighted by Crippen LogP contribution is 2.22. The predicted octanol–water partition coefficient (Wildman–Crippen LogP) is 2.12. The third kappa shape index (κ3) is 12.3. The summed E-state index contributed by atoms with van der Waals surface area (Å²) < 4.78 is 26.3. The van der Waals surface area contributed by atoms with E-state index in [1.165, 1.54) is 9.31 Å². The number of sulfonamides is 1. The van der Waals surface area contributed by atoms with E-state index in [1.807, 2.05) is 65.0 Å². The number of carbonyl (C=O) groups is 2. The van der Waals surface area contributed by atoms with Crippen LogP contribution < -0.4 is 5.43 Å². The van der Waals surface area contributed by atoms with Gasteiger partial charge in [-0.15, -0.1) is 0 Å². The number of amides is 2. The molecule has 0 saturated heterocycles. The van der Waals surface area contributed by atoms with Gasteiger partial charge in [-0.2, -0.15) is 4.31 Å². The summed E-state index contributed by atoms with van der Waals surface area (Å²) in [5.41, 5.74) is 3.20. The molecule has 10 heteroatoms. The molecule has 9 nitrogen and oxygen atoms in total. The Hall–Kier alpha value is -2.01. The number of benzene rings is 1. The molecule has 1 aromatic carbocycles. The molecule has 0 heterocycles. The fraction of sp³-hybridized carbons (Fsp3) is 0.692. The third-order valence-corrected chi connectivity index (χ3v) is 6.80. The Morgan fingerprint density at radius 2 is 1.67 bits per heavy atom. The number of hydrazine groups is 1. The lowest BCUT2D eigenvalue weighted by Gasteiger charge is -2.38. The van der Waals surface area contributed by atoms with Crippen LogP contribution in [0.25, 0.3) is 0 Å². The van der Waals surface area contributed by atoms with E-state index in [1.54, 1.807) is 19.0 Å². The van der Waals surface area contributed by atoms with Gasteiger partial charge in [-0.05, 0) is 43.8 Å². The Kier molecular flexibility index (Phi) is 12.5. The largest absolute Gasteiger partial charge is 0.390 e. The lowest BCUT2D eigenvalue weighted by atomic mass is 9.91. The molecule has 0 fully saturated rings. The first kappa shape index (κ1) is 32.0. The van der Waals surface area contributed by atoms with Crippen molar-refractivity contribution in [3.63, 3.8) is 0 Å². The smallest absolute Gasteiger partial charge is 0.252 e. The van der Waals surface area contributed by atoms with Crippen molar-refractivity contribution in [1.82, 2.24) is 19.6 Å². The number of likely N-dealkylation sites (N-methyl/N-ethyl adjacent to an activating group) is 1. The summed E-state index contributed by atoms with van der Waals surface area (Å²) in [5, 5.41) is 12.6. The van der Waals surface area contributed by atoms with Gasteiger partial charge in [-0.3, -0.25) is 15.0 Å². The van der Waals surface area contributed by atoms with E-state index in [2.05, 4.69) is 5.43 Å². The zero-order chi connectivity index (χ0) is 27.7. The summed E-state index contributed by atoms with van der Waals surface area (Å²) in [6, 6.07) is 8.46. The minimum atomic E-state index is -3.60. The number of aliphatic hydroxyl groups excluding tert-OH is 1. The molecular weight excluding hydrogens is 480 g/mol. The SMILES string of the molecule is CC(C)CCN(C[C@@H](O)[C@H](Cc1ccccc1)N(NC(=O)CN(C)C)C(=O)CC(C)(C)C)S(C)(=O)=O. The summed E-state index contributed by atoms with van der Waals surface area (Å²) in [6.45, 7) is 9.89. The summed E-state index contributed by atoms with van der Waals surface area (Å²) in [5.74, 6) is -0.461. The van der Waals surface area contributed by atoms with Gasteiger partial charge in [0, 0.05) is 19.5 Å². The van der Waals surface area contributed by atoms with Crippen molar-refractivity contribution in [1.29, 1.82) is 0 Å². The van der Waals surface area contributed by atoms with Crippen LogP contribution in [0.3, 0.4) is 0 Å². The highest BCUT2D eigenvalue weighted by atomic mass is 32.2. The molecule has 0 spiro atoms. The van der Waals surface area contributed by atoms with E-state index in [0.717, 1.165) is 11.8 Å². The second kappa shape index (κ2) is 14.1. The first-order valence-electron chi connectivity index (χ1n) is 12.4. The van der Waals surface area contributed by atoms with E-state index in [4.69, 9.17) is 0 Å². The number of nitrogens with one attached hydrogen (secondary N) is 1. The molecule has 0 saturated carbocycles. The van der Waals surface area contributed by atoms with Gasteiger partial charge in [-0.25, -0.2) is 13.4 Å². The number of nitrogens with zero attached hydrogens (tertiary/aromatic N) is 3. The van der Waals surface area contributed by atoms with Crippen LogP contribution in [0.1, 0.15) is 53.0 Å². The monoisotopic (exact) mass is 526 g/mol. The molecule has 1 rings (SSSR count). The molecule has 0 aliphatic heterocycles. The number of hydrogen-bond donors (Lipinski definition) is 2. The molecule has 2 amide bonds. The lowest BCUT2D eigenvalue weighted by Crippen LogP contribution is -2.60. The van der Waals surface area contributed by atoms with Crippen LogP contribution in [0, 0.1) is 11.3 Å². The quantitative estimate of drug-likeness (QED) is 0.381. The molecule has 0 unspecified atom stereocenters. The number of hydrogen-bond acceptors (Lipinski definition) is 6. The van der Waals surface area contributed by atoms with Crippen LogP contribution in [0.15, 0.2) is 30.3 Å². The second-order valence-electron chi connectivity index (χ2n) is 11.4. The van der Waals surface area contributed by atoms with Crippen molar-refractivity contribution < 1.29 is 23.1 Å². The molecule has 0 aliphatic carbocycles. The van der Waals surface area contributed by atoms with Gasteiger partial charge in [0.1, 0.15) is 0 Å². The third-order valence-electron chi connectivity index (χ3n) is 5.53. The van der Waals surface area contributed by atoms with Gasteiger partial charge in [-0.1, -0.05) is 65.0 Å². The molecular formula is C26H46N4O5S. The molecule has 0 bridgehead atoms. The van der Waals surface area contributed by atoms with Gasteiger partial charge in [0.25, 0.3) is 5.91 Å². The van der Waals surface area contributed by atoms with Gasteiger partial charge < -0.3 is 10.0 Å². The normalized spacial score (nSPS) is 14.2. The summed E-state index contributed by atoms with van der Waals surface area (Å²) in [6.07, 6.45) is 0.886. The lowest BCUT2D eigenvalue weighted by molar-refractivity contribution is -0.149. The minimum absolute atomic E-state index is 0.0529. The van der Waals surface area contributed by atoms with Crippen molar-refractivity contribution >= 4 is 21.8 Å². The zero-order valence-electron chi connectivity index (χ0n) is 23.2. The predicted molar refractivity (Wildman–Crippen MR) is 143 cm³/mol. The fourth-order valence-electron chi connectivity index (χ4n) is 3.71. The van der Waals surface area contributed by atoms with Crippen LogP contribution >= 0.6 is 0 Å². The van der Waals surface area contributed by atoms with Crippen LogP contribution in [0.4, 0.5) is 0 Å². The van der Waals surface area contributed by atoms with Crippen LogP contribution in [0.2, 0.25) is 0 Å². The minimum Gasteiger partial charge on any atom is -0.390 e. The van der Waals surface area contributed by atoms with Gasteiger partial charge in [0.05, 0.1) is 24.9 Å². The van der Waals surface area contributed by atoms with Gasteiger partial charge in [0.2, 0.25) is 15.9 Å². The molecule has 0 aliphatic rings. The second-order valence-corrected chi connectivity index (χ2v) is 13.4. The summed E-state index contributed by atoms with van der Waals surface area (Å²) in [4.78, 5) is 27.9. The maximum absolute atomic E-state index is 13.5. The Morgan fingerprint density at radius 1 is 1.08 bits per heavy atom. The van der Waals surface area contributed by atoms with Crippen molar-refractivity contribution in [2.45, 2.75) is 66.0 Å². The molecule has 206 valence electrons. The highest BCUT2D eigenvalue weighted by Gasteiger charge is 2.35. The van der Waals surface area contributed by atoms with E-state index >= 15 is 0 Å². The highest BCUT2D eigenvalue weighted by molar-refractivity contribution is 7.88. The molecule has 36 heavy (non-hydrogen) atoms. The van der Waals surface area contributed by atoms with Crippen molar-refractivity contribution in [2.24, 2.45) is 11.3 Å². The van der Waals surface area contributed by atoms with Crippen LogP contribution in [-0.4, -0.2) is 91.7 Å². The number of aliphatic hydroxyl groups is 1. The maximum atomic E-state index is 13.5. The van der Waals surface area contributed by atoms with E-state index in [9.17, 15) is 23.1 Å². The molecule has 2 N–H and O–H groups in total. The summed E-state index contributed by atoms with van der Waals surface area (Å²) in [7, 11) is -0.108. The maximum Gasteiger partial charge on any atom is 0.252 e. The molecule has 0 aromatic heterocycles. The number of carbonyl (C=O) groups excluding carboxylic acids is 2. The zero-order valence-corrected chi connectivity index (χ0v) is 24.0. The molecule has 2 atom stereocenters. The van der Waals surface area contributed by atoms with Crippen LogP contribution in [0.5, 0.6) is 0 Å². The van der Waals surface area contributed by atoms with E-state index < -0.39 is 28.1 Å². The Bertz CT molecular complexity index is 929. The fourth-order valence-corrected chi connectivity index (χ4v) is 4.57. The Balaban J connectivity index is 3.42. The van der Waals surface area contributed by atoms with Crippen LogP contribution in [-0.2, 0) is 26.0 Å². The van der Waals surface area contributed by atoms with Gasteiger partial charge >= 0.3 is 0 Å². The van der Waals surface area contributed by atoms with Crippen molar-refractivity contribution in [3.05, 3.63) is 35.9 Å². The standard InChI is InChI=1S/C26H46N4O5S/c1-20(2)14-15-29(36(8,34)35)18-23(31)22(16-21-12-10-9-11-13-21)30(25(33)17-26(3,4)5)27-24(32)19-28(6)7/h9-13,20,22-23,31H,14-19H2,1-8H3,(H,27,32)/t22-,23+/m0/s1. The van der Waals surface area contributed by atoms with Gasteiger partial charge in [0.15, 0.2) is 0 Å². The number of rotatable bonds is 13. The first-order chi connectivity index (χ1) is 16.5. The van der Waals surface area contributed by atoms with E-state index in [0.29, 0.717) is 6.42 Å². The molecule has 1 aromatic rings. The first-order valence-corrected chi connectivity index (χ1v) is 14.3.